The van der Waals surface area contributed by atoms with Gasteiger partial charge in [-0.2, -0.15) is 0 Å². The third-order valence-corrected chi connectivity index (χ3v) is 4.74. The van der Waals surface area contributed by atoms with E-state index in [1.54, 1.807) is 12.5 Å². The Balaban J connectivity index is 1.63. The molecular weight excluding hydrogens is 328 g/mol. The molecule has 1 fully saturated rings. The largest absolute Gasteiger partial charge is 0.342 e. The van der Waals surface area contributed by atoms with Crippen LogP contribution in [0.1, 0.15) is 33.6 Å². The number of piperidine rings is 1. The summed E-state index contributed by atoms with van der Waals surface area (Å²) in [5.74, 6) is 0.0945. The number of amides is 2. The average molecular weight is 354 g/mol. The van der Waals surface area contributed by atoms with E-state index in [1.807, 2.05) is 60.7 Å². The molecule has 2 aromatic rings. The first-order valence-electron chi connectivity index (χ1n) is 9.04. The topological polar surface area (TPSA) is 67.2 Å². The summed E-state index contributed by atoms with van der Waals surface area (Å²) in [4.78, 5) is 31.0. The van der Waals surface area contributed by atoms with E-state index < -0.39 is 0 Å². The molecule has 138 valence electrons. The van der Waals surface area contributed by atoms with E-state index in [0.717, 1.165) is 11.4 Å². The number of hydrogen-bond acceptors (Lipinski definition) is 3. The number of hydrogen-bond donors (Lipinski definition) is 1. The minimum Gasteiger partial charge on any atom is -0.342 e. The Morgan fingerprint density at radius 3 is 2.46 bits per heavy atom. The van der Waals surface area contributed by atoms with Crippen molar-refractivity contribution < 1.29 is 9.59 Å². The highest BCUT2D eigenvalue weighted by Crippen LogP contribution is 2.26. The van der Waals surface area contributed by atoms with Crippen LogP contribution in [-0.4, -0.2) is 39.4 Å². The lowest BCUT2D eigenvalue weighted by molar-refractivity contribution is -0.142. The van der Waals surface area contributed by atoms with Crippen LogP contribution in [-0.2, 0) is 9.59 Å². The second-order valence-corrected chi connectivity index (χ2v) is 7.79. The Morgan fingerprint density at radius 1 is 1.15 bits per heavy atom. The molecule has 3 rings (SSSR count). The highest BCUT2D eigenvalue weighted by molar-refractivity contribution is 5.94. The van der Waals surface area contributed by atoms with E-state index >= 15 is 0 Å². The van der Waals surface area contributed by atoms with Gasteiger partial charge in [-0.05, 0) is 25.0 Å². The maximum absolute atomic E-state index is 12.7. The second kappa shape index (κ2) is 7.32. The molecule has 26 heavy (non-hydrogen) atoms. The highest BCUT2D eigenvalue weighted by atomic mass is 16.2. The predicted octanol–water partition coefficient (Wildman–Crippen LogP) is 3.10. The second-order valence-electron chi connectivity index (χ2n) is 7.79. The maximum atomic E-state index is 12.7. The Morgan fingerprint density at radius 2 is 1.85 bits per heavy atom. The van der Waals surface area contributed by atoms with E-state index in [9.17, 15) is 9.59 Å². The van der Waals surface area contributed by atoms with Crippen LogP contribution in [0.15, 0.2) is 43.0 Å². The van der Waals surface area contributed by atoms with E-state index in [1.165, 1.54) is 0 Å². The average Bonchev–Trinajstić information content (AvgIpc) is 3.15. The number of nitrogens with one attached hydrogen (secondary N) is 1. The molecular formula is C20H26N4O2. The molecule has 2 amide bonds. The van der Waals surface area contributed by atoms with Crippen LogP contribution in [0.4, 0.5) is 5.69 Å². The first-order chi connectivity index (χ1) is 12.4. The van der Waals surface area contributed by atoms with Crippen LogP contribution in [0, 0.1) is 11.3 Å². The van der Waals surface area contributed by atoms with Crippen molar-refractivity contribution in [1.29, 1.82) is 0 Å². The van der Waals surface area contributed by atoms with Gasteiger partial charge in [0.25, 0.3) is 0 Å². The molecule has 0 atom stereocenters. The summed E-state index contributed by atoms with van der Waals surface area (Å²) in [5.41, 5.74) is 1.28. The number of carbonyl (C=O) groups is 2. The Kier molecular flexibility index (Phi) is 5.11. The molecule has 1 saturated heterocycles. The van der Waals surface area contributed by atoms with Gasteiger partial charge in [-0.3, -0.25) is 9.59 Å². The Hall–Kier alpha value is -2.63. The van der Waals surface area contributed by atoms with Crippen molar-refractivity contribution in [2.45, 2.75) is 33.6 Å². The number of anilines is 1. The molecule has 0 spiro atoms. The number of rotatable bonds is 3. The normalized spacial score (nSPS) is 15.7. The van der Waals surface area contributed by atoms with Crippen LogP contribution in [0.2, 0.25) is 0 Å². The third kappa shape index (κ3) is 3.95. The molecule has 0 bridgehead atoms. The van der Waals surface area contributed by atoms with Gasteiger partial charge in [-0.25, -0.2) is 4.98 Å². The van der Waals surface area contributed by atoms with E-state index in [-0.39, 0.29) is 23.1 Å². The summed E-state index contributed by atoms with van der Waals surface area (Å²) in [6.45, 7) is 7.07. The van der Waals surface area contributed by atoms with E-state index in [2.05, 4.69) is 10.3 Å². The van der Waals surface area contributed by atoms with Crippen LogP contribution >= 0.6 is 0 Å². The summed E-state index contributed by atoms with van der Waals surface area (Å²) >= 11 is 0. The minimum atomic E-state index is -0.376. The number of nitrogens with zero attached hydrogens (tertiary/aromatic N) is 3. The molecule has 1 aromatic carbocycles. The zero-order valence-corrected chi connectivity index (χ0v) is 15.6. The van der Waals surface area contributed by atoms with Crippen molar-refractivity contribution >= 4 is 17.5 Å². The smallest absolute Gasteiger partial charge is 0.227 e. The van der Waals surface area contributed by atoms with Crippen molar-refractivity contribution in [2.24, 2.45) is 11.3 Å². The van der Waals surface area contributed by atoms with Gasteiger partial charge in [0.1, 0.15) is 0 Å². The molecule has 1 N–H and O–H groups in total. The van der Waals surface area contributed by atoms with Gasteiger partial charge in [0.2, 0.25) is 11.8 Å². The summed E-state index contributed by atoms with van der Waals surface area (Å²) in [6, 6.07) is 7.68. The lowest BCUT2D eigenvalue weighted by atomic mass is 9.90. The minimum absolute atomic E-state index is 0.0143. The van der Waals surface area contributed by atoms with Gasteiger partial charge in [-0.1, -0.05) is 32.9 Å². The fraction of sp³-hybridized carbons (Fsp3) is 0.450. The fourth-order valence-corrected chi connectivity index (χ4v) is 3.26. The highest BCUT2D eigenvalue weighted by Gasteiger charge is 2.32. The van der Waals surface area contributed by atoms with Crippen LogP contribution < -0.4 is 5.32 Å². The first kappa shape index (κ1) is 18.2. The molecule has 2 heterocycles. The third-order valence-electron chi connectivity index (χ3n) is 4.74. The van der Waals surface area contributed by atoms with Gasteiger partial charge in [0.15, 0.2) is 0 Å². The number of para-hydroxylation sites is 2. The lowest BCUT2D eigenvalue weighted by Crippen LogP contribution is -2.45. The molecule has 1 aliphatic rings. The van der Waals surface area contributed by atoms with Gasteiger partial charge in [-0.15, -0.1) is 0 Å². The molecule has 6 heteroatoms. The number of aromatic nitrogens is 2. The number of benzene rings is 1. The van der Waals surface area contributed by atoms with Crippen LogP contribution in [0.3, 0.4) is 0 Å². The Labute approximate surface area is 154 Å². The summed E-state index contributed by atoms with van der Waals surface area (Å²) in [6.07, 6.45) is 6.66. The molecule has 1 aromatic heterocycles. The number of imidazole rings is 1. The first-order valence-corrected chi connectivity index (χ1v) is 9.04. The van der Waals surface area contributed by atoms with Gasteiger partial charge in [0, 0.05) is 36.8 Å². The van der Waals surface area contributed by atoms with Crippen molar-refractivity contribution in [2.75, 3.05) is 18.4 Å². The predicted molar refractivity (Wildman–Crippen MR) is 101 cm³/mol. The zero-order chi connectivity index (χ0) is 18.7. The van der Waals surface area contributed by atoms with Crippen molar-refractivity contribution in [3.63, 3.8) is 0 Å². The fourth-order valence-electron chi connectivity index (χ4n) is 3.26. The Bertz CT molecular complexity index is 769. The molecule has 6 nitrogen and oxygen atoms in total. The van der Waals surface area contributed by atoms with Gasteiger partial charge >= 0.3 is 0 Å². The maximum Gasteiger partial charge on any atom is 0.227 e. The molecule has 0 unspecified atom stereocenters. The van der Waals surface area contributed by atoms with Gasteiger partial charge in [0.05, 0.1) is 17.7 Å². The SMILES string of the molecule is CC(C)(C)C(=O)N1CCC(C(=O)Nc2ccccc2-n2ccnc2)CC1. The number of likely N-dealkylation sites (tertiary alicyclic amines) is 1. The van der Waals surface area contributed by atoms with Crippen molar-refractivity contribution in [1.82, 2.24) is 14.5 Å². The lowest BCUT2D eigenvalue weighted by Gasteiger charge is -2.35. The van der Waals surface area contributed by atoms with Gasteiger partial charge < -0.3 is 14.8 Å². The molecule has 1 aliphatic heterocycles. The summed E-state index contributed by atoms with van der Waals surface area (Å²) in [7, 11) is 0. The van der Waals surface area contributed by atoms with E-state index in [0.29, 0.717) is 25.9 Å². The quantitative estimate of drug-likeness (QED) is 0.921. The van der Waals surface area contributed by atoms with Crippen LogP contribution in [0.5, 0.6) is 0 Å². The van der Waals surface area contributed by atoms with Crippen molar-refractivity contribution in [3.05, 3.63) is 43.0 Å². The molecule has 0 radical (unpaired) electrons. The van der Waals surface area contributed by atoms with E-state index in [4.69, 9.17) is 0 Å². The standard InChI is InChI=1S/C20H26N4O2/c1-20(2,3)19(26)23-11-8-15(9-12-23)18(25)22-16-6-4-5-7-17(16)24-13-10-21-14-24/h4-7,10,13-15H,8-9,11-12H2,1-3H3,(H,22,25). The zero-order valence-electron chi connectivity index (χ0n) is 15.6. The van der Waals surface area contributed by atoms with Crippen LogP contribution in [0.25, 0.3) is 5.69 Å². The monoisotopic (exact) mass is 354 g/mol. The number of carbonyl (C=O) groups excluding carboxylic acids is 2. The summed E-state index contributed by atoms with van der Waals surface area (Å²) in [5, 5.41) is 3.05. The molecule has 0 saturated carbocycles. The van der Waals surface area contributed by atoms with Crippen molar-refractivity contribution in [3.8, 4) is 5.69 Å². The molecule has 0 aliphatic carbocycles. The summed E-state index contributed by atoms with van der Waals surface area (Å²) < 4.78 is 1.88.